The monoisotopic (exact) mass is 414 g/mol. The highest BCUT2D eigenvalue weighted by Crippen LogP contribution is 2.53. The normalized spacial score (nSPS) is 33.9. The molecule has 0 aliphatic carbocycles. The number of rotatable bonds is 2. The summed E-state index contributed by atoms with van der Waals surface area (Å²) in [5.74, 6) is 2.61. The van der Waals surface area contributed by atoms with Crippen molar-refractivity contribution in [1.29, 1.82) is 0 Å². The molecule has 6 unspecified atom stereocenters. The third kappa shape index (κ3) is 2.99. The molecule has 30 heavy (non-hydrogen) atoms. The fourth-order valence-corrected chi connectivity index (χ4v) is 4.99. The van der Waals surface area contributed by atoms with Gasteiger partial charge in [0, 0.05) is 24.7 Å². The second-order valence-corrected chi connectivity index (χ2v) is 8.05. The first-order chi connectivity index (χ1) is 14.7. The van der Waals surface area contributed by atoms with Gasteiger partial charge in [-0.3, -0.25) is 0 Å². The molecular weight excluding hydrogens is 392 g/mol. The van der Waals surface area contributed by atoms with E-state index >= 15 is 0 Å². The van der Waals surface area contributed by atoms with E-state index in [2.05, 4.69) is 0 Å². The minimum Gasteiger partial charge on any atom is -0.454 e. The van der Waals surface area contributed by atoms with Gasteiger partial charge in [-0.1, -0.05) is 12.1 Å². The molecule has 2 fully saturated rings. The van der Waals surface area contributed by atoms with E-state index in [-0.39, 0.29) is 25.4 Å². The predicted octanol–water partition coefficient (Wildman–Crippen LogP) is 2.64. The molecule has 6 atom stereocenters. The molecule has 4 aliphatic rings. The van der Waals surface area contributed by atoms with E-state index in [9.17, 15) is 10.2 Å². The van der Waals surface area contributed by atoms with Crippen molar-refractivity contribution in [1.82, 2.24) is 0 Å². The number of benzene rings is 2. The average molecular weight is 414 g/mol. The van der Waals surface area contributed by atoms with E-state index in [1.807, 2.05) is 36.4 Å². The zero-order valence-corrected chi connectivity index (χ0v) is 16.1. The zero-order valence-electron chi connectivity index (χ0n) is 16.1. The molecule has 0 amide bonds. The van der Waals surface area contributed by atoms with Crippen LogP contribution in [0.25, 0.3) is 0 Å². The van der Waals surface area contributed by atoms with Crippen LogP contribution in [0.5, 0.6) is 23.0 Å². The summed E-state index contributed by atoms with van der Waals surface area (Å²) in [6.45, 7) is 0.384. The van der Waals surface area contributed by atoms with Crippen LogP contribution in [-0.4, -0.2) is 36.4 Å². The second-order valence-electron chi connectivity index (χ2n) is 8.05. The number of fused-ring (bicyclic) bond motifs is 3. The van der Waals surface area contributed by atoms with Gasteiger partial charge in [0.2, 0.25) is 13.6 Å². The molecule has 2 saturated heterocycles. The molecule has 8 nitrogen and oxygen atoms in total. The van der Waals surface area contributed by atoms with Gasteiger partial charge in [-0.05, 0) is 35.4 Å². The topological polar surface area (TPSA) is 95.8 Å². The summed E-state index contributed by atoms with van der Waals surface area (Å²) in [4.78, 5) is 0. The van der Waals surface area contributed by atoms with Crippen molar-refractivity contribution in [3.63, 3.8) is 0 Å². The van der Waals surface area contributed by atoms with Crippen molar-refractivity contribution >= 4 is 0 Å². The van der Waals surface area contributed by atoms with E-state index < -0.39 is 24.8 Å². The van der Waals surface area contributed by atoms with Crippen molar-refractivity contribution in [3.8, 4) is 23.0 Å². The summed E-state index contributed by atoms with van der Waals surface area (Å²) in [6, 6.07) is 11.3. The molecule has 2 aromatic carbocycles. The van der Waals surface area contributed by atoms with Gasteiger partial charge in [0.1, 0.15) is 0 Å². The van der Waals surface area contributed by atoms with Crippen LogP contribution in [0.3, 0.4) is 0 Å². The minimum atomic E-state index is -0.933. The van der Waals surface area contributed by atoms with Crippen molar-refractivity contribution in [2.45, 2.75) is 37.6 Å². The average Bonchev–Trinajstić information content (AvgIpc) is 3.41. The van der Waals surface area contributed by atoms with Crippen LogP contribution in [0.1, 0.15) is 36.2 Å². The Hall–Kier alpha value is -2.52. The zero-order chi connectivity index (χ0) is 20.2. The third-order valence-corrected chi connectivity index (χ3v) is 6.33. The van der Waals surface area contributed by atoms with Crippen LogP contribution in [0.2, 0.25) is 0 Å². The maximum Gasteiger partial charge on any atom is 0.231 e. The lowest BCUT2D eigenvalue weighted by Crippen LogP contribution is -2.45. The Kier molecular flexibility index (Phi) is 4.28. The van der Waals surface area contributed by atoms with Crippen molar-refractivity contribution < 1.29 is 38.6 Å². The largest absolute Gasteiger partial charge is 0.454 e. The Bertz CT molecular complexity index is 885. The number of hydrogen-bond donors (Lipinski definition) is 2. The molecule has 2 aromatic rings. The van der Waals surface area contributed by atoms with Gasteiger partial charge in [-0.25, -0.2) is 0 Å². The first-order valence-corrected chi connectivity index (χ1v) is 10.1. The summed E-state index contributed by atoms with van der Waals surface area (Å²) in [6.07, 6.45) is -1.84. The van der Waals surface area contributed by atoms with Gasteiger partial charge in [-0.2, -0.15) is 0 Å². The predicted molar refractivity (Wildman–Crippen MR) is 101 cm³/mol. The lowest BCUT2D eigenvalue weighted by molar-refractivity contribution is -0.277. The lowest BCUT2D eigenvalue weighted by Gasteiger charge is -2.48. The number of ether oxygens (including phenoxy) is 6. The van der Waals surface area contributed by atoms with Crippen LogP contribution in [-0.2, 0) is 9.47 Å². The van der Waals surface area contributed by atoms with Gasteiger partial charge in [-0.15, -0.1) is 0 Å². The Morgan fingerprint density at radius 2 is 1.03 bits per heavy atom. The highest BCUT2D eigenvalue weighted by atomic mass is 16.7. The van der Waals surface area contributed by atoms with Gasteiger partial charge in [0.25, 0.3) is 0 Å². The number of hydrogen-bond acceptors (Lipinski definition) is 8. The highest BCUT2D eigenvalue weighted by molar-refractivity contribution is 5.46. The molecule has 0 radical (unpaired) electrons. The van der Waals surface area contributed by atoms with Crippen molar-refractivity contribution in [2.75, 3.05) is 13.6 Å². The molecule has 0 aromatic heterocycles. The molecular formula is C22H22O8. The smallest absolute Gasteiger partial charge is 0.231 e. The highest BCUT2D eigenvalue weighted by Gasteiger charge is 2.48. The summed E-state index contributed by atoms with van der Waals surface area (Å²) < 4.78 is 33.7. The molecule has 4 aliphatic heterocycles. The van der Waals surface area contributed by atoms with E-state index in [1.165, 1.54) is 0 Å². The van der Waals surface area contributed by atoms with Gasteiger partial charge in [0.15, 0.2) is 35.6 Å². The van der Waals surface area contributed by atoms with Gasteiger partial charge < -0.3 is 38.6 Å². The molecule has 4 heterocycles. The van der Waals surface area contributed by atoms with Crippen LogP contribution in [0.4, 0.5) is 0 Å². The molecule has 158 valence electrons. The Balaban J connectivity index is 1.35. The van der Waals surface area contributed by atoms with Crippen LogP contribution in [0.15, 0.2) is 36.4 Å². The minimum absolute atomic E-state index is 0.0482. The summed E-state index contributed by atoms with van der Waals surface area (Å²) in [5, 5.41) is 21.0. The molecule has 8 heteroatoms. The fraction of sp³-hybridized carbons (Fsp3) is 0.455. The summed E-state index contributed by atoms with van der Waals surface area (Å²) >= 11 is 0. The van der Waals surface area contributed by atoms with Crippen molar-refractivity contribution in [3.05, 3.63) is 47.5 Å². The van der Waals surface area contributed by atoms with Gasteiger partial charge in [0.05, 0.1) is 12.2 Å². The first kappa shape index (κ1) is 18.3. The van der Waals surface area contributed by atoms with Crippen LogP contribution < -0.4 is 18.9 Å². The van der Waals surface area contributed by atoms with Crippen LogP contribution in [0, 0.1) is 11.8 Å². The maximum absolute atomic E-state index is 10.5. The molecule has 0 saturated carbocycles. The number of aliphatic hydroxyl groups is 2. The van der Waals surface area contributed by atoms with E-state index in [4.69, 9.17) is 28.4 Å². The van der Waals surface area contributed by atoms with Gasteiger partial charge >= 0.3 is 0 Å². The first-order valence-electron chi connectivity index (χ1n) is 10.1. The second kappa shape index (κ2) is 7.02. The summed E-state index contributed by atoms with van der Waals surface area (Å²) in [5.41, 5.74) is 1.76. The standard InChI is InChI=1S/C22H22O8/c23-19-8-14-13(21(29-19)11-1-3-15-17(5-11)27-9-25-15)7-20(24)30-22(14)12-2-4-16-18(6-12)28-10-26-16/h1-6,13-14,19-24H,7-10H2. The Morgan fingerprint density at radius 1 is 0.600 bits per heavy atom. The molecule has 2 N–H and O–H groups in total. The quantitative estimate of drug-likeness (QED) is 0.774. The SMILES string of the molecule is OC1CC2C(c3ccc4c(c3)OCO4)OC(O)CC2C(c2ccc3c(c2)OCO3)O1. The lowest BCUT2D eigenvalue weighted by atomic mass is 9.72. The molecule has 0 spiro atoms. The molecule has 6 rings (SSSR count). The fourth-order valence-electron chi connectivity index (χ4n) is 4.99. The maximum atomic E-state index is 10.5. The Morgan fingerprint density at radius 3 is 1.50 bits per heavy atom. The van der Waals surface area contributed by atoms with Crippen molar-refractivity contribution in [2.24, 2.45) is 11.8 Å². The Labute approximate surface area is 172 Å². The molecule has 0 bridgehead atoms. The number of aliphatic hydroxyl groups excluding tert-OH is 2. The summed E-state index contributed by atoms with van der Waals surface area (Å²) in [7, 11) is 0. The third-order valence-electron chi connectivity index (χ3n) is 6.33. The van der Waals surface area contributed by atoms with E-state index in [1.54, 1.807) is 0 Å². The van der Waals surface area contributed by atoms with E-state index in [0.29, 0.717) is 35.8 Å². The van der Waals surface area contributed by atoms with E-state index in [0.717, 1.165) is 11.1 Å². The van der Waals surface area contributed by atoms with Crippen LogP contribution >= 0.6 is 0 Å².